The summed E-state index contributed by atoms with van der Waals surface area (Å²) in [4.78, 5) is 19.0. The van der Waals surface area contributed by atoms with E-state index in [-0.39, 0.29) is 17.7 Å². The van der Waals surface area contributed by atoms with Crippen LogP contribution in [-0.4, -0.2) is 63.5 Å². The first kappa shape index (κ1) is 16.3. The van der Waals surface area contributed by atoms with Crippen molar-refractivity contribution in [3.63, 3.8) is 0 Å². The van der Waals surface area contributed by atoms with Crippen LogP contribution in [0, 0.1) is 6.92 Å². The second kappa shape index (κ2) is 6.27. The smallest absolute Gasteiger partial charge is 0.323 e. The molecule has 0 aliphatic carbocycles. The Labute approximate surface area is 146 Å². The Morgan fingerprint density at radius 3 is 3.00 bits per heavy atom. The molecule has 2 aliphatic rings. The number of fused-ring (bicyclic) bond motifs is 1. The number of nitrogens with zero attached hydrogens (tertiary/aromatic N) is 4. The Hall–Kier alpha value is -2.19. The van der Waals surface area contributed by atoms with Crippen LogP contribution in [0.15, 0.2) is 18.3 Å². The van der Waals surface area contributed by atoms with Gasteiger partial charge in [0.05, 0.1) is 23.9 Å². The maximum atomic E-state index is 12.9. The predicted molar refractivity (Wildman–Crippen MR) is 91.6 cm³/mol. The lowest BCUT2D eigenvalue weighted by Crippen LogP contribution is -2.59. The lowest BCUT2D eigenvalue weighted by atomic mass is 9.91. The number of amides is 2. The first-order valence-corrected chi connectivity index (χ1v) is 8.68. The highest BCUT2D eigenvalue weighted by atomic mass is 16.5. The van der Waals surface area contributed by atoms with Crippen LogP contribution in [0.5, 0.6) is 0 Å². The lowest BCUT2D eigenvalue weighted by Gasteiger charge is -2.47. The normalized spacial score (nSPS) is 23.1. The Bertz CT molecular complexity index is 784. The third-order valence-corrected chi connectivity index (χ3v) is 4.81. The fourth-order valence-corrected chi connectivity index (χ4v) is 3.69. The Kier molecular flexibility index (Phi) is 4.09. The van der Waals surface area contributed by atoms with Crippen LogP contribution in [0.4, 0.5) is 10.6 Å². The van der Waals surface area contributed by atoms with Crippen LogP contribution in [0.25, 0.3) is 5.65 Å². The predicted octanol–water partition coefficient (Wildman–Crippen LogP) is 1.84. The molecular weight excluding hydrogens is 322 g/mol. The molecule has 1 atom stereocenters. The number of morpholine rings is 1. The summed E-state index contributed by atoms with van der Waals surface area (Å²) in [5.41, 5.74) is 1.28. The van der Waals surface area contributed by atoms with Gasteiger partial charge in [0.15, 0.2) is 5.65 Å². The monoisotopic (exact) mass is 345 g/mol. The number of carbonyl (C=O) groups excluding carboxylic acids is 1. The van der Waals surface area contributed by atoms with Gasteiger partial charge in [-0.1, -0.05) is 0 Å². The number of hydrogen-bond donors (Lipinski definition) is 1. The van der Waals surface area contributed by atoms with Crippen LogP contribution < -0.4 is 5.32 Å². The molecular formula is C17H23N5O3. The molecule has 4 rings (SSSR count). The van der Waals surface area contributed by atoms with Crippen molar-refractivity contribution in [3.05, 3.63) is 24.0 Å². The molecule has 2 saturated heterocycles. The zero-order valence-corrected chi connectivity index (χ0v) is 14.6. The SMILES string of the molecule is Cc1cc2nccc(NC(=O)N3CC(C)OC4(CCOCC4)C3)n2n1. The number of urea groups is 1. The molecule has 1 unspecified atom stereocenters. The van der Waals surface area contributed by atoms with Gasteiger partial charge in [0, 0.05) is 44.9 Å². The molecule has 2 amide bonds. The minimum Gasteiger partial charge on any atom is -0.381 e. The second-order valence-electron chi connectivity index (χ2n) is 6.92. The van der Waals surface area contributed by atoms with Gasteiger partial charge in [-0.05, 0) is 19.9 Å². The van der Waals surface area contributed by atoms with E-state index in [1.54, 1.807) is 16.8 Å². The first-order chi connectivity index (χ1) is 12.0. The van der Waals surface area contributed by atoms with Crippen molar-refractivity contribution in [1.29, 1.82) is 0 Å². The summed E-state index contributed by atoms with van der Waals surface area (Å²) in [5.74, 6) is 0.614. The van der Waals surface area contributed by atoms with E-state index >= 15 is 0 Å². The molecule has 2 aromatic heterocycles. The fraction of sp³-hybridized carbons (Fsp3) is 0.588. The number of aromatic nitrogens is 3. The number of nitrogens with one attached hydrogen (secondary N) is 1. The van der Waals surface area contributed by atoms with Crippen molar-refractivity contribution >= 4 is 17.5 Å². The number of carbonyl (C=O) groups is 1. The highest BCUT2D eigenvalue weighted by Crippen LogP contribution is 2.31. The Morgan fingerprint density at radius 1 is 1.40 bits per heavy atom. The van der Waals surface area contributed by atoms with Crippen LogP contribution in [0.3, 0.4) is 0 Å². The Balaban J connectivity index is 1.53. The molecule has 0 saturated carbocycles. The van der Waals surface area contributed by atoms with E-state index in [4.69, 9.17) is 9.47 Å². The van der Waals surface area contributed by atoms with Crippen molar-refractivity contribution in [1.82, 2.24) is 19.5 Å². The maximum Gasteiger partial charge on any atom is 0.323 e. The van der Waals surface area contributed by atoms with Gasteiger partial charge in [0.1, 0.15) is 5.82 Å². The largest absolute Gasteiger partial charge is 0.381 e. The van der Waals surface area contributed by atoms with Gasteiger partial charge in [0.2, 0.25) is 0 Å². The van der Waals surface area contributed by atoms with Gasteiger partial charge in [-0.25, -0.2) is 9.78 Å². The van der Waals surface area contributed by atoms with E-state index in [9.17, 15) is 4.79 Å². The number of anilines is 1. The molecule has 2 aliphatic heterocycles. The average Bonchev–Trinajstić information content (AvgIpc) is 2.96. The molecule has 2 aromatic rings. The summed E-state index contributed by atoms with van der Waals surface area (Å²) in [6.07, 6.45) is 3.31. The van der Waals surface area contributed by atoms with Gasteiger partial charge in [-0.2, -0.15) is 9.61 Å². The van der Waals surface area contributed by atoms with Crippen molar-refractivity contribution in [2.24, 2.45) is 0 Å². The standard InChI is InChI=1S/C17H23N5O3/c1-12-9-15-18-6-3-14(22(15)20-12)19-16(23)21-10-13(2)25-17(11-21)4-7-24-8-5-17/h3,6,9,13H,4-5,7-8,10-11H2,1-2H3,(H,19,23). The van der Waals surface area contributed by atoms with Crippen LogP contribution >= 0.6 is 0 Å². The van der Waals surface area contributed by atoms with E-state index < -0.39 is 0 Å². The number of hydrogen-bond acceptors (Lipinski definition) is 5. The summed E-state index contributed by atoms with van der Waals surface area (Å²) in [5, 5.41) is 7.36. The number of rotatable bonds is 1. The zero-order valence-electron chi connectivity index (χ0n) is 14.6. The third-order valence-electron chi connectivity index (χ3n) is 4.81. The minimum atomic E-state index is -0.289. The lowest BCUT2D eigenvalue weighted by molar-refractivity contribution is -0.174. The van der Waals surface area contributed by atoms with E-state index in [1.807, 2.05) is 24.8 Å². The van der Waals surface area contributed by atoms with Crippen molar-refractivity contribution < 1.29 is 14.3 Å². The van der Waals surface area contributed by atoms with Crippen molar-refractivity contribution in [2.45, 2.75) is 38.4 Å². The number of ether oxygens (including phenoxy) is 2. The average molecular weight is 345 g/mol. The maximum absolute atomic E-state index is 12.9. The molecule has 1 spiro atoms. The highest BCUT2D eigenvalue weighted by molar-refractivity contribution is 5.88. The molecule has 134 valence electrons. The van der Waals surface area contributed by atoms with Crippen molar-refractivity contribution in [3.8, 4) is 0 Å². The van der Waals surface area contributed by atoms with Gasteiger partial charge < -0.3 is 14.4 Å². The third kappa shape index (κ3) is 3.19. The van der Waals surface area contributed by atoms with E-state index in [0.717, 1.165) is 18.5 Å². The minimum absolute atomic E-state index is 0.00186. The number of aryl methyl sites for hydroxylation is 1. The van der Waals surface area contributed by atoms with Gasteiger partial charge in [-0.15, -0.1) is 0 Å². The van der Waals surface area contributed by atoms with Gasteiger partial charge >= 0.3 is 6.03 Å². The van der Waals surface area contributed by atoms with Crippen LogP contribution in [0.1, 0.15) is 25.5 Å². The summed E-state index contributed by atoms with van der Waals surface area (Å²) < 4.78 is 13.3. The second-order valence-corrected chi connectivity index (χ2v) is 6.92. The molecule has 8 nitrogen and oxygen atoms in total. The molecule has 25 heavy (non-hydrogen) atoms. The Morgan fingerprint density at radius 2 is 2.20 bits per heavy atom. The van der Waals surface area contributed by atoms with E-state index in [2.05, 4.69) is 15.4 Å². The molecule has 0 radical (unpaired) electrons. The van der Waals surface area contributed by atoms with Gasteiger partial charge in [0.25, 0.3) is 0 Å². The van der Waals surface area contributed by atoms with E-state index in [0.29, 0.717) is 37.8 Å². The summed E-state index contributed by atoms with van der Waals surface area (Å²) in [7, 11) is 0. The van der Waals surface area contributed by atoms with Crippen LogP contribution in [-0.2, 0) is 9.47 Å². The molecule has 8 heteroatoms. The van der Waals surface area contributed by atoms with E-state index in [1.165, 1.54) is 0 Å². The molecule has 2 fully saturated rings. The first-order valence-electron chi connectivity index (χ1n) is 8.68. The van der Waals surface area contributed by atoms with Gasteiger partial charge in [-0.3, -0.25) is 5.32 Å². The topological polar surface area (TPSA) is 81.0 Å². The quantitative estimate of drug-likeness (QED) is 0.853. The summed E-state index contributed by atoms with van der Waals surface area (Å²) >= 11 is 0. The molecule has 4 heterocycles. The van der Waals surface area contributed by atoms with Crippen LogP contribution in [0.2, 0.25) is 0 Å². The molecule has 0 aromatic carbocycles. The molecule has 1 N–H and O–H groups in total. The summed E-state index contributed by atoms with van der Waals surface area (Å²) in [6, 6.07) is 3.50. The molecule has 0 bridgehead atoms. The summed E-state index contributed by atoms with van der Waals surface area (Å²) in [6.45, 7) is 6.43. The fourth-order valence-electron chi connectivity index (χ4n) is 3.69. The highest BCUT2D eigenvalue weighted by Gasteiger charge is 2.42. The van der Waals surface area contributed by atoms with Crippen molar-refractivity contribution in [2.75, 3.05) is 31.6 Å². The zero-order chi connectivity index (χ0) is 17.4.